The second-order valence-corrected chi connectivity index (χ2v) is 6.30. The third-order valence-corrected chi connectivity index (χ3v) is 4.22. The molecule has 0 aromatic heterocycles. The van der Waals surface area contributed by atoms with Crippen molar-refractivity contribution < 1.29 is 24.1 Å². The molecule has 0 spiro atoms. The minimum atomic E-state index is -0.988. The lowest BCUT2D eigenvalue weighted by Crippen LogP contribution is -2.10. The number of carbonyl (C=O) groups is 1. The minimum absolute atomic E-state index is 0.0681. The average molecular weight is 420 g/mol. The molecule has 0 radical (unpaired) electrons. The van der Waals surface area contributed by atoms with Crippen molar-refractivity contribution in [3.63, 3.8) is 0 Å². The molecule has 0 N–H and O–H groups in total. The topological polar surface area (TPSA) is 122 Å². The number of methoxy groups -OCH3 is 1. The molecule has 3 aromatic carbocycles. The third kappa shape index (κ3) is 5.30. The molecule has 0 heterocycles. The van der Waals surface area contributed by atoms with Crippen LogP contribution in [0, 0.1) is 20.2 Å². The predicted molar refractivity (Wildman–Crippen MR) is 113 cm³/mol. The third-order valence-electron chi connectivity index (χ3n) is 4.22. The summed E-state index contributed by atoms with van der Waals surface area (Å²) in [6.45, 7) is 0. The van der Waals surface area contributed by atoms with Gasteiger partial charge < -0.3 is 9.47 Å². The van der Waals surface area contributed by atoms with Gasteiger partial charge in [0.25, 0.3) is 11.4 Å². The van der Waals surface area contributed by atoms with Crippen molar-refractivity contribution in [1.82, 2.24) is 0 Å². The molecule has 0 aliphatic rings. The smallest absolute Gasteiger partial charge is 0.344 e. The van der Waals surface area contributed by atoms with Gasteiger partial charge >= 0.3 is 5.97 Å². The van der Waals surface area contributed by atoms with Crippen LogP contribution in [0.3, 0.4) is 0 Å². The van der Waals surface area contributed by atoms with Gasteiger partial charge in [0, 0.05) is 12.1 Å². The van der Waals surface area contributed by atoms with Gasteiger partial charge in [0.2, 0.25) is 0 Å². The van der Waals surface area contributed by atoms with Crippen LogP contribution in [0.15, 0.2) is 66.7 Å². The fourth-order valence-corrected chi connectivity index (χ4v) is 2.71. The fourth-order valence-electron chi connectivity index (χ4n) is 2.71. The van der Waals surface area contributed by atoms with E-state index in [4.69, 9.17) is 9.47 Å². The summed E-state index contributed by atoms with van der Waals surface area (Å²) in [5, 5.41) is 22.0. The first-order chi connectivity index (χ1) is 14.9. The summed E-state index contributed by atoms with van der Waals surface area (Å²) in [7, 11) is 1.40. The first kappa shape index (κ1) is 21.2. The number of nitro groups is 2. The Balaban J connectivity index is 1.85. The molecule has 31 heavy (non-hydrogen) atoms. The van der Waals surface area contributed by atoms with Crippen molar-refractivity contribution in [2.24, 2.45) is 0 Å². The first-order valence-electron chi connectivity index (χ1n) is 8.94. The fraction of sp³-hybridized carbons (Fsp3) is 0.0455. The molecule has 0 saturated carbocycles. The summed E-state index contributed by atoms with van der Waals surface area (Å²) >= 11 is 0. The minimum Gasteiger partial charge on any atom is -0.493 e. The van der Waals surface area contributed by atoms with Gasteiger partial charge in [-0.05, 0) is 23.3 Å². The molecular formula is C22H16N2O7. The van der Waals surface area contributed by atoms with Gasteiger partial charge in [-0.1, -0.05) is 48.6 Å². The normalized spacial score (nSPS) is 10.6. The average Bonchev–Trinajstić information content (AvgIpc) is 2.78. The molecule has 156 valence electrons. The molecule has 9 nitrogen and oxygen atoms in total. The lowest BCUT2D eigenvalue weighted by molar-refractivity contribution is -0.394. The van der Waals surface area contributed by atoms with E-state index in [9.17, 15) is 25.0 Å². The van der Waals surface area contributed by atoms with Gasteiger partial charge in [-0.25, -0.2) is 4.79 Å². The molecule has 3 rings (SSSR count). The number of nitro benzene ring substituents is 2. The number of ether oxygens (including phenoxy) is 2. The molecule has 9 heteroatoms. The van der Waals surface area contributed by atoms with E-state index in [0.717, 1.165) is 29.3 Å². The molecule has 0 saturated heterocycles. The predicted octanol–water partition coefficient (Wildman–Crippen LogP) is 4.90. The Morgan fingerprint density at radius 2 is 1.42 bits per heavy atom. The molecule has 0 atom stereocenters. The van der Waals surface area contributed by atoms with Crippen molar-refractivity contribution in [1.29, 1.82) is 0 Å². The summed E-state index contributed by atoms with van der Waals surface area (Å²) in [6.07, 6.45) is 3.76. The monoisotopic (exact) mass is 420 g/mol. The van der Waals surface area contributed by atoms with E-state index in [0.29, 0.717) is 0 Å². The maximum absolute atomic E-state index is 12.5. The zero-order chi connectivity index (χ0) is 22.4. The number of carbonyl (C=O) groups excluding carboxylic acids is 1. The van der Waals surface area contributed by atoms with Crippen molar-refractivity contribution in [3.8, 4) is 11.5 Å². The van der Waals surface area contributed by atoms with Crippen LogP contribution in [-0.2, 0) is 0 Å². The van der Waals surface area contributed by atoms with E-state index in [-0.39, 0.29) is 17.1 Å². The molecule has 0 amide bonds. The molecule has 3 aromatic rings. The Labute approximate surface area is 176 Å². The summed E-state index contributed by atoms with van der Waals surface area (Å²) in [5.41, 5.74) is 0.288. The van der Waals surface area contributed by atoms with Crippen LogP contribution in [0.25, 0.3) is 12.2 Å². The molecule has 0 bridgehead atoms. The number of non-ortho nitro benzene ring substituents is 2. The van der Waals surface area contributed by atoms with E-state index in [1.165, 1.54) is 13.2 Å². The molecule has 0 unspecified atom stereocenters. The molecular weight excluding hydrogens is 404 g/mol. The molecule has 0 fully saturated rings. The number of rotatable bonds is 7. The van der Waals surface area contributed by atoms with Gasteiger partial charge in [0.05, 0.1) is 28.6 Å². The van der Waals surface area contributed by atoms with Gasteiger partial charge in [-0.2, -0.15) is 0 Å². The first-order valence-corrected chi connectivity index (χ1v) is 8.94. The Morgan fingerprint density at radius 3 is 2.00 bits per heavy atom. The SMILES string of the molecule is COc1cc(C=Cc2ccccc2)ccc1OC(=O)c1cc([N+](=O)[O-])cc([N+](=O)[O-])c1. The second-order valence-electron chi connectivity index (χ2n) is 6.30. The number of esters is 1. The van der Waals surface area contributed by atoms with Crippen LogP contribution < -0.4 is 9.47 Å². The lowest BCUT2D eigenvalue weighted by atomic mass is 10.1. The van der Waals surface area contributed by atoms with Crippen molar-refractivity contribution in [2.45, 2.75) is 0 Å². The second kappa shape index (κ2) is 9.31. The van der Waals surface area contributed by atoms with Crippen LogP contribution in [0.5, 0.6) is 11.5 Å². The quantitative estimate of drug-likeness (QED) is 0.175. The van der Waals surface area contributed by atoms with Crippen molar-refractivity contribution >= 4 is 29.5 Å². The Bertz CT molecular complexity index is 1140. The van der Waals surface area contributed by atoms with Crippen LogP contribution in [-0.4, -0.2) is 22.9 Å². The van der Waals surface area contributed by atoms with Gasteiger partial charge in [-0.15, -0.1) is 0 Å². The highest BCUT2D eigenvalue weighted by molar-refractivity contribution is 5.93. The lowest BCUT2D eigenvalue weighted by Gasteiger charge is -2.10. The number of hydrogen-bond acceptors (Lipinski definition) is 7. The highest BCUT2D eigenvalue weighted by Crippen LogP contribution is 2.30. The van der Waals surface area contributed by atoms with Crippen LogP contribution in [0.2, 0.25) is 0 Å². The van der Waals surface area contributed by atoms with Gasteiger partial charge in [-0.3, -0.25) is 20.2 Å². The summed E-state index contributed by atoms with van der Waals surface area (Å²) in [5.74, 6) is -0.667. The van der Waals surface area contributed by atoms with Crippen molar-refractivity contribution in [3.05, 3.63) is 104 Å². The van der Waals surface area contributed by atoms with Crippen LogP contribution >= 0.6 is 0 Å². The number of hydrogen-bond donors (Lipinski definition) is 0. The molecule has 0 aliphatic heterocycles. The zero-order valence-corrected chi connectivity index (χ0v) is 16.3. The van der Waals surface area contributed by atoms with E-state index in [2.05, 4.69) is 0 Å². The zero-order valence-electron chi connectivity index (χ0n) is 16.3. The van der Waals surface area contributed by atoms with Crippen LogP contribution in [0.4, 0.5) is 11.4 Å². The van der Waals surface area contributed by atoms with E-state index < -0.39 is 27.2 Å². The highest BCUT2D eigenvalue weighted by atomic mass is 16.6. The van der Waals surface area contributed by atoms with E-state index >= 15 is 0 Å². The Hall–Kier alpha value is -4.53. The highest BCUT2D eigenvalue weighted by Gasteiger charge is 2.22. The van der Waals surface area contributed by atoms with E-state index in [1.54, 1.807) is 12.1 Å². The maximum Gasteiger partial charge on any atom is 0.344 e. The Kier molecular flexibility index (Phi) is 6.36. The molecule has 0 aliphatic carbocycles. The summed E-state index contributed by atoms with van der Waals surface area (Å²) in [4.78, 5) is 32.9. The van der Waals surface area contributed by atoms with Gasteiger partial charge in [0.1, 0.15) is 0 Å². The standard InChI is InChI=1S/C22H16N2O7/c1-30-21-11-16(8-7-15-5-3-2-4-6-15)9-10-20(21)31-22(25)17-12-18(23(26)27)14-19(13-17)24(28)29/h2-14H,1H3. The largest absolute Gasteiger partial charge is 0.493 e. The summed E-state index contributed by atoms with van der Waals surface area (Å²) in [6, 6.07) is 17.1. The Morgan fingerprint density at radius 1 is 0.806 bits per heavy atom. The van der Waals surface area contributed by atoms with Crippen molar-refractivity contribution in [2.75, 3.05) is 7.11 Å². The van der Waals surface area contributed by atoms with E-state index in [1.807, 2.05) is 42.5 Å². The van der Waals surface area contributed by atoms with Gasteiger partial charge in [0.15, 0.2) is 11.5 Å². The maximum atomic E-state index is 12.5. The number of benzene rings is 3. The number of nitrogens with zero attached hydrogens (tertiary/aromatic N) is 2. The summed E-state index contributed by atoms with van der Waals surface area (Å²) < 4.78 is 10.5. The van der Waals surface area contributed by atoms with Crippen LogP contribution in [0.1, 0.15) is 21.5 Å².